The van der Waals surface area contributed by atoms with Crippen LogP contribution in [-0.4, -0.2) is 104 Å². The van der Waals surface area contributed by atoms with Gasteiger partial charge in [-0.05, 0) is 76.2 Å². The number of benzene rings is 2. The highest BCUT2D eigenvalue weighted by Crippen LogP contribution is 2.58. The van der Waals surface area contributed by atoms with Crippen molar-refractivity contribution in [2.45, 2.75) is 130 Å². The number of hydrogen-bond acceptors (Lipinski definition) is 14. The van der Waals surface area contributed by atoms with E-state index in [0.717, 1.165) is 19.3 Å². The predicted octanol–water partition coefficient (Wildman–Crippen LogP) is 6.99. The molecule has 4 saturated carbocycles. The van der Waals surface area contributed by atoms with E-state index in [2.05, 4.69) is 5.32 Å². The van der Waals surface area contributed by atoms with Gasteiger partial charge in [0, 0.05) is 68.2 Å². The number of amides is 1. The van der Waals surface area contributed by atoms with Gasteiger partial charge in [-0.25, -0.2) is 0 Å². The molecule has 2 aromatic carbocycles. The van der Waals surface area contributed by atoms with Gasteiger partial charge in [0.1, 0.15) is 23.4 Å². The van der Waals surface area contributed by atoms with Gasteiger partial charge >= 0.3 is 11.8 Å². The number of allylic oxidation sites excluding steroid dienone is 2. The summed E-state index contributed by atoms with van der Waals surface area (Å²) in [5.74, 6) is -6.36. The largest absolute Gasteiger partial charge is 0.507 e. The molecule has 0 aromatic heterocycles. The monoisotopic (exact) mass is 887 g/mol. The molecule has 9 atom stereocenters. The number of anilines is 1. The van der Waals surface area contributed by atoms with Crippen molar-refractivity contribution in [1.29, 1.82) is 0 Å². The van der Waals surface area contributed by atoms with E-state index >= 15 is 0 Å². The SMILES string of the molecule is COC1/C=C/OC2(C)Oc3c(C)c(O)c4c(O)c(c(/C=N\N(C)C56CC7CC(CC(C7)C5)C6)c(O)c4c3C2=O)NC(=O)C(C)=C/C=C/C(C)C(O)C(C)C(O)C(C)C(OC(C)=O)C1C. The molecular weight excluding hydrogens is 823 g/mol. The molecule has 9 bridgehead atoms. The fourth-order valence-electron chi connectivity index (χ4n) is 11.6. The summed E-state index contributed by atoms with van der Waals surface area (Å²) < 4.78 is 23.8. The first-order valence-electron chi connectivity index (χ1n) is 22.5. The average Bonchev–Trinajstić information content (AvgIpc) is 3.51. The quantitative estimate of drug-likeness (QED) is 0.0588. The number of ether oxygens (including phenoxy) is 4. The molecule has 4 fully saturated rings. The maximum Gasteiger partial charge on any atom is 0.312 e. The van der Waals surface area contributed by atoms with Gasteiger partial charge in [-0.1, -0.05) is 45.9 Å². The Morgan fingerprint density at radius 1 is 0.906 bits per heavy atom. The number of Topliss-reactive ketones (excluding diaryl/α,β-unsaturated/α-hetero) is 1. The van der Waals surface area contributed by atoms with E-state index in [0.29, 0.717) is 17.8 Å². The molecule has 1 amide bonds. The summed E-state index contributed by atoms with van der Waals surface area (Å²) in [6.45, 7) is 12.6. The Hall–Kier alpha value is -5.12. The Morgan fingerprint density at radius 2 is 1.53 bits per heavy atom. The number of nitrogens with one attached hydrogen (secondary N) is 1. The first-order chi connectivity index (χ1) is 30.1. The van der Waals surface area contributed by atoms with Crippen molar-refractivity contribution < 1.29 is 58.9 Å². The van der Waals surface area contributed by atoms with E-state index < -0.39 is 88.8 Å². The highest BCUT2D eigenvalue weighted by molar-refractivity contribution is 6.23. The number of esters is 1. The lowest BCUT2D eigenvalue weighted by Crippen LogP contribution is -2.57. The zero-order valence-electron chi connectivity index (χ0n) is 38.5. The van der Waals surface area contributed by atoms with Crippen LogP contribution >= 0.6 is 0 Å². The van der Waals surface area contributed by atoms with Gasteiger partial charge in [0.2, 0.25) is 0 Å². The second-order valence-corrected chi connectivity index (χ2v) is 19.5. The Balaban J connectivity index is 1.37. The maximum absolute atomic E-state index is 14.6. The number of phenols is 3. The van der Waals surface area contributed by atoms with Gasteiger partial charge in [-0.15, -0.1) is 0 Å². The van der Waals surface area contributed by atoms with Gasteiger partial charge in [-0.3, -0.25) is 19.4 Å². The summed E-state index contributed by atoms with van der Waals surface area (Å²) in [5.41, 5.74) is -0.421. The number of aromatic hydroxyl groups is 3. The second-order valence-electron chi connectivity index (χ2n) is 19.5. The van der Waals surface area contributed by atoms with Crippen LogP contribution < -0.4 is 10.1 Å². The fourth-order valence-corrected chi connectivity index (χ4v) is 11.6. The molecule has 4 aliphatic carbocycles. The highest BCUT2D eigenvalue weighted by Gasteiger charge is 2.53. The molecule has 3 aliphatic heterocycles. The lowest BCUT2D eigenvalue weighted by Gasteiger charge is -2.59. The van der Waals surface area contributed by atoms with Crippen molar-refractivity contribution in [2.75, 3.05) is 19.5 Å². The number of nitrogens with zero attached hydrogens (tertiary/aromatic N) is 2. The topological polar surface area (TPSA) is 217 Å². The number of hydrogen-bond donors (Lipinski definition) is 6. The third-order valence-electron chi connectivity index (χ3n) is 15.1. The third-order valence-corrected chi connectivity index (χ3v) is 15.1. The molecule has 15 nitrogen and oxygen atoms in total. The van der Waals surface area contributed by atoms with Crippen LogP contribution in [0.5, 0.6) is 23.0 Å². The van der Waals surface area contributed by atoms with Crippen LogP contribution in [0.15, 0.2) is 41.2 Å². The van der Waals surface area contributed by atoms with E-state index in [-0.39, 0.29) is 50.0 Å². The van der Waals surface area contributed by atoms with Gasteiger partial charge in [0.05, 0.1) is 58.5 Å². The van der Waals surface area contributed by atoms with E-state index in [1.54, 1.807) is 46.8 Å². The molecule has 9 unspecified atom stereocenters. The number of hydrazone groups is 1. The van der Waals surface area contributed by atoms with Crippen LogP contribution in [0.3, 0.4) is 0 Å². The van der Waals surface area contributed by atoms with E-state index in [1.807, 2.05) is 12.1 Å². The number of phenolic OH excluding ortho intramolecular Hbond substituents is 3. The number of carbonyl (C=O) groups excluding carboxylic acids is 3. The number of rotatable bonds is 5. The first-order valence-corrected chi connectivity index (χ1v) is 22.5. The Labute approximate surface area is 374 Å². The second kappa shape index (κ2) is 17.7. The minimum absolute atomic E-state index is 0.0690. The smallest absolute Gasteiger partial charge is 0.312 e. The van der Waals surface area contributed by atoms with Gasteiger partial charge in [0.15, 0.2) is 5.75 Å². The Kier molecular flexibility index (Phi) is 13.0. The summed E-state index contributed by atoms with van der Waals surface area (Å²) in [5, 5.41) is 68.3. The Bertz CT molecular complexity index is 2280. The molecule has 0 radical (unpaired) electrons. The minimum atomic E-state index is -2.04. The minimum Gasteiger partial charge on any atom is -0.507 e. The molecule has 15 heteroatoms. The standard InChI is InChI=1S/C49H65N3O12/c1-23-12-11-13-24(2)47(60)51-38-33(22-50-52(9)49-19-30-16-31(20-49)18-32(17-30)21-49)42(57)35-36(43(38)58)41(56)28(6)45-37(35)46(59)48(8,64-45)62-15-14-34(61-10)25(3)44(63-29(7)53)27(5)40(55)26(4)39(23)54/h11-15,22-23,25-27,30-32,34,39-40,44,54-58H,16-21H2,1-10H3,(H,51,60)/b12-11+,15-14+,24-13?,50-22-. The molecule has 0 saturated heterocycles. The predicted molar refractivity (Wildman–Crippen MR) is 240 cm³/mol. The lowest BCUT2D eigenvalue weighted by molar-refractivity contribution is -0.160. The van der Waals surface area contributed by atoms with Crippen LogP contribution in [0, 0.1) is 48.3 Å². The summed E-state index contributed by atoms with van der Waals surface area (Å²) in [6.07, 6.45) is 11.7. The fraction of sp³-hybridized carbons (Fsp3) is 0.592. The number of ketones is 1. The van der Waals surface area contributed by atoms with Crippen molar-refractivity contribution in [1.82, 2.24) is 5.01 Å². The maximum atomic E-state index is 14.6. The Morgan fingerprint density at radius 3 is 2.12 bits per heavy atom. The number of methoxy groups -OCH3 is 1. The molecular formula is C49H65N3O12. The molecule has 3 heterocycles. The van der Waals surface area contributed by atoms with Crippen LogP contribution in [0.2, 0.25) is 0 Å². The summed E-state index contributed by atoms with van der Waals surface area (Å²) in [7, 11) is 3.36. The van der Waals surface area contributed by atoms with Gasteiger partial charge in [-0.2, -0.15) is 5.10 Å². The van der Waals surface area contributed by atoms with Crippen LogP contribution in [0.25, 0.3) is 10.8 Å². The molecule has 9 rings (SSSR count). The normalized spacial score (nSPS) is 36.4. The summed E-state index contributed by atoms with van der Waals surface area (Å²) >= 11 is 0. The molecule has 7 aliphatic rings. The molecule has 6 N–H and O–H groups in total. The highest BCUT2D eigenvalue weighted by atomic mass is 16.7. The molecule has 64 heavy (non-hydrogen) atoms. The van der Waals surface area contributed by atoms with E-state index in [1.165, 1.54) is 71.8 Å². The summed E-state index contributed by atoms with van der Waals surface area (Å²) in [4.78, 5) is 41.0. The van der Waals surface area contributed by atoms with Crippen molar-refractivity contribution >= 4 is 40.3 Å². The van der Waals surface area contributed by atoms with Crippen LogP contribution in [0.1, 0.15) is 108 Å². The molecule has 0 spiro atoms. The molecule has 348 valence electrons. The van der Waals surface area contributed by atoms with Crippen LogP contribution in [0.4, 0.5) is 5.69 Å². The van der Waals surface area contributed by atoms with Gasteiger partial charge < -0.3 is 49.8 Å². The van der Waals surface area contributed by atoms with E-state index in [9.17, 15) is 39.9 Å². The first kappa shape index (κ1) is 46.9. The number of fused-ring (bicyclic) bond motifs is 14. The van der Waals surface area contributed by atoms with E-state index in [4.69, 9.17) is 24.0 Å². The van der Waals surface area contributed by atoms with Crippen molar-refractivity contribution in [3.8, 4) is 23.0 Å². The van der Waals surface area contributed by atoms with Crippen molar-refractivity contribution in [2.24, 2.45) is 46.5 Å². The summed E-state index contributed by atoms with van der Waals surface area (Å²) in [6, 6.07) is 0. The van der Waals surface area contributed by atoms with Crippen molar-refractivity contribution in [3.05, 3.63) is 52.8 Å². The lowest BCUT2D eigenvalue weighted by atomic mass is 9.53. The van der Waals surface area contributed by atoms with Crippen molar-refractivity contribution in [3.63, 3.8) is 0 Å². The number of carbonyl (C=O) groups is 3. The zero-order chi connectivity index (χ0) is 46.7. The average molecular weight is 888 g/mol. The number of aliphatic hydroxyl groups excluding tert-OH is 2. The van der Waals surface area contributed by atoms with Gasteiger partial charge in [0.25, 0.3) is 11.7 Å². The zero-order valence-corrected chi connectivity index (χ0v) is 38.5. The molecule has 2 aromatic rings. The van der Waals surface area contributed by atoms with Crippen LogP contribution in [-0.2, 0) is 23.8 Å². The number of aliphatic hydroxyl groups is 2. The third kappa shape index (κ3) is 8.23.